The van der Waals surface area contributed by atoms with Crippen LogP contribution in [0.25, 0.3) is 0 Å². The van der Waals surface area contributed by atoms with Gasteiger partial charge in [-0.05, 0) is 43.7 Å². The summed E-state index contributed by atoms with van der Waals surface area (Å²) in [5.41, 5.74) is 1.51. The van der Waals surface area contributed by atoms with Crippen LogP contribution >= 0.6 is 0 Å². The Kier molecular flexibility index (Phi) is 5.93. The van der Waals surface area contributed by atoms with E-state index in [1.54, 1.807) is 26.2 Å². The zero-order valence-corrected chi connectivity index (χ0v) is 15.9. The number of benzene rings is 2. The zero-order valence-electron chi connectivity index (χ0n) is 15.9. The Balaban J connectivity index is 1.70. The number of nitrogens with one attached hydrogen (secondary N) is 1. The molecule has 1 N–H and O–H groups in total. The predicted molar refractivity (Wildman–Crippen MR) is 101 cm³/mol. The number of amides is 1. The third-order valence-electron chi connectivity index (χ3n) is 4.37. The van der Waals surface area contributed by atoms with Gasteiger partial charge in [-0.25, -0.2) is 4.39 Å². The first-order chi connectivity index (χ1) is 13.5. The van der Waals surface area contributed by atoms with E-state index in [1.165, 1.54) is 12.1 Å². The van der Waals surface area contributed by atoms with Crippen LogP contribution in [-0.4, -0.2) is 18.2 Å². The Bertz CT molecular complexity index is 953. The minimum absolute atomic E-state index is 0.0318. The van der Waals surface area contributed by atoms with Gasteiger partial charge in [-0.3, -0.25) is 4.79 Å². The highest BCUT2D eigenvalue weighted by Crippen LogP contribution is 2.22. The van der Waals surface area contributed by atoms with E-state index >= 15 is 0 Å². The summed E-state index contributed by atoms with van der Waals surface area (Å²) in [4.78, 5) is 12.7. The SMILES string of the molecule is COc1ccc(C(C)NC(=O)c2noc(C)c2COc2ccccc2F)cc1. The van der Waals surface area contributed by atoms with Crippen molar-refractivity contribution in [3.63, 3.8) is 0 Å². The van der Waals surface area contributed by atoms with Crippen LogP contribution in [0, 0.1) is 12.7 Å². The fourth-order valence-corrected chi connectivity index (χ4v) is 2.69. The van der Waals surface area contributed by atoms with Gasteiger partial charge in [0.15, 0.2) is 17.3 Å². The van der Waals surface area contributed by atoms with Crippen LogP contribution in [0.2, 0.25) is 0 Å². The van der Waals surface area contributed by atoms with E-state index in [0.29, 0.717) is 11.3 Å². The summed E-state index contributed by atoms with van der Waals surface area (Å²) in [7, 11) is 1.60. The van der Waals surface area contributed by atoms with Crippen molar-refractivity contribution in [1.82, 2.24) is 10.5 Å². The molecule has 0 fully saturated rings. The molecule has 1 amide bonds. The highest BCUT2D eigenvalue weighted by Gasteiger charge is 2.22. The Labute approximate surface area is 162 Å². The lowest BCUT2D eigenvalue weighted by Gasteiger charge is -2.14. The van der Waals surface area contributed by atoms with Crippen LogP contribution < -0.4 is 14.8 Å². The highest BCUT2D eigenvalue weighted by atomic mass is 19.1. The normalized spacial score (nSPS) is 11.7. The van der Waals surface area contributed by atoms with Gasteiger partial charge in [-0.15, -0.1) is 0 Å². The summed E-state index contributed by atoms with van der Waals surface area (Å²) in [6.45, 7) is 3.51. The lowest BCUT2D eigenvalue weighted by Crippen LogP contribution is -2.28. The molecule has 0 aliphatic rings. The first-order valence-electron chi connectivity index (χ1n) is 8.77. The maximum Gasteiger partial charge on any atom is 0.274 e. The number of carbonyl (C=O) groups is 1. The van der Waals surface area contributed by atoms with Gasteiger partial charge < -0.3 is 19.3 Å². The lowest BCUT2D eigenvalue weighted by atomic mass is 10.1. The van der Waals surface area contributed by atoms with Crippen molar-refractivity contribution in [2.45, 2.75) is 26.5 Å². The summed E-state index contributed by atoms with van der Waals surface area (Å²) in [6.07, 6.45) is 0. The quantitative estimate of drug-likeness (QED) is 0.661. The van der Waals surface area contributed by atoms with E-state index in [4.69, 9.17) is 14.0 Å². The molecule has 1 heterocycles. The molecule has 0 spiro atoms. The van der Waals surface area contributed by atoms with E-state index in [2.05, 4.69) is 10.5 Å². The molecule has 28 heavy (non-hydrogen) atoms. The Morgan fingerprint density at radius 2 is 1.93 bits per heavy atom. The molecule has 1 unspecified atom stereocenters. The number of aromatic nitrogens is 1. The van der Waals surface area contributed by atoms with Crippen molar-refractivity contribution in [2.24, 2.45) is 0 Å². The van der Waals surface area contributed by atoms with Crippen molar-refractivity contribution in [3.8, 4) is 11.5 Å². The van der Waals surface area contributed by atoms with E-state index < -0.39 is 11.7 Å². The Morgan fingerprint density at radius 3 is 2.61 bits per heavy atom. The van der Waals surface area contributed by atoms with Crippen LogP contribution in [0.3, 0.4) is 0 Å². The van der Waals surface area contributed by atoms with E-state index in [-0.39, 0.29) is 24.1 Å². The minimum Gasteiger partial charge on any atom is -0.497 e. The monoisotopic (exact) mass is 384 g/mol. The van der Waals surface area contributed by atoms with E-state index in [9.17, 15) is 9.18 Å². The molecule has 0 saturated carbocycles. The number of hydrogen-bond acceptors (Lipinski definition) is 5. The lowest BCUT2D eigenvalue weighted by molar-refractivity contribution is 0.0928. The number of halogens is 1. The van der Waals surface area contributed by atoms with Crippen molar-refractivity contribution in [1.29, 1.82) is 0 Å². The summed E-state index contributed by atoms with van der Waals surface area (Å²) in [5, 5.41) is 6.73. The second-order valence-corrected chi connectivity index (χ2v) is 6.25. The molecular formula is C21H21FN2O4. The molecule has 146 valence electrons. The van der Waals surface area contributed by atoms with Crippen LogP contribution in [0.15, 0.2) is 53.1 Å². The molecular weight excluding hydrogens is 363 g/mol. The van der Waals surface area contributed by atoms with Crippen molar-refractivity contribution in [2.75, 3.05) is 7.11 Å². The van der Waals surface area contributed by atoms with Crippen molar-refractivity contribution in [3.05, 3.63) is 76.9 Å². The first kappa shape index (κ1) is 19.4. The predicted octanol–water partition coefficient (Wildman–Crippen LogP) is 4.20. The first-order valence-corrected chi connectivity index (χ1v) is 8.77. The molecule has 6 nitrogen and oxygen atoms in total. The van der Waals surface area contributed by atoms with E-state index in [1.807, 2.05) is 31.2 Å². The van der Waals surface area contributed by atoms with Crippen LogP contribution in [0.5, 0.6) is 11.5 Å². The number of methoxy groups -OCH3 is 1. The Morgan fingerprint density at radius 1 is 1.21 bits per heavy atom. The molecule has 0 radical (unpaired) electrons. The average molecular weight is 384 g/mol. The molecule has 3 rings (SSSR count). The number of para-hydroxylation sites is 1. The molecule has 1 aromatic heterocycles. The molecule has 0 aliphatic heterocycles. The molecule has 3 aromatic rings. The van der Waals surface area contributed by atoms with Gasteiger partial charge in [0.25, 0.3) is 5.91 Å². The number of rotatable bonds is 7. The molecule has 0 aliphatic carbocycles. The minimum atomic E-state index is -0.476. The molecule has 0 bridgehead atoms. The number of hydrogen-bond donors (Lipinski definition) is 1. The zero-order chi connectivity index (χ0) is 20.1. The topological polar surface area (TPSA) is 73.6 Å². The number of nitrogens with zero attached hydrogens (tertiary/aromatic N) is 1. The third kappa shape index (κ3) is 4.31. The van der Waals surface area contributed by atoms with Crippen molar-refractivity contribution < 1.29 is 23.2 Å². The third-order valence-corrected chi connectivity index (χ3v) is 4.37. The van der Waals surface area contributed by atoms with Crippen LogP contribution in [-0.2, 0) is 6.61 Å². The molecule has 1 atom stereocenters. The maximum absolute atomic E-state index is 13.7. The van der Waals surface area contributed by atoms with Crippen LogP contribution in [0.1, 0.15) is 40.3 Å². The summed E-state index contributed by atoms with van der Waals surface area (Å²) < 4.78 is 29.5. The summed E-state index contributed by atoms with van der Waals surface area (Å²) in [5.74, 6) is 0.407. The highest BCUT2D eigenvalue weighted by molar-refractivity contribution is 5.94. The fraction of sp³-hybridized carbons (Fsp3) is 0.238. The Hall–Kier alpha value is -3.35. The van der Waals surface area contributed by atoms with Gasteiger partial charge in [-0.2, -0.15) is 0 Å². The fourth-order valence-electron chi connectivity index (χ4n) is 2.69. The van der Waals surface area contributed by atoms with Gasteiger partial charge in [0.05, 0.1) is 18.7 Å². The average Bonchev–Trinajstić information content (AvgIpc) is 3.08. The van der Waals surface area contributed by atoms with Gasteiger partial charge in [-0.1, -0.05) is 29.4 Å². The number of ether oxygens (including phenoxy) is 2. The largest absolute Gasteiger partial charge is 0.497 e. The van der Waals surface area contributed by atoms with Gasteiger partial charge >= 0.3 is 0 Å². The number of aryl methyl sites for hydroxylation is 1. The van der Waals surface area contributed by atoms with Crippen molar-refractivity contribution >= 4 is 5.91 Å². The molecule has 7 heteroatoms. The van der Waals surface area contributed by atoms with Gasteiger partial charge in [0, 0.05) is 0 Å². The second-order valence-electron chi connectivity index (χ2n) is 6.25. The smallest absolute Gasteiger partial charge is 0.274 e. The second kappa shape index (κ2) is 8.56. The van der Waals surface area contributed by atoms with Gasteiger partial charge in [0.1, 0.15) is 18.1 Å². The van der Waals surface area contributed by atoms with E-state index in [0.717, 1.165) is 11.3 Å². The van der Waals surface area contributed by atoms with Crippen LogP contribution in [0.4, 0.5) is 4.39 Å². The molecule has 2 aromatic carbocycles. The standard InChI is InChI=1S/C21H21FN2O4/c1-13(15-8-10-16(26-3)11-9-15)23-21(25)20-17(14(2)28-24-20)12-27-19-7-5-4-6-18(19)22/h4-11,13H,12H2,1-3H3,(H,23,25). The molecule has 0 saturated heterocycles. The maximum atomic E-state index is 13.7. The number of carbonyl (C=O) groups excluding carboxylic acids is 1. The summed E-state index contributed by atoms with van der Waals surface area (Å²) >= 11 is 0. The summed E-state index contributed by atoms with van der Waals surface area (Å²) in [6, 6.07) is 13.2. The van der Waals surface area contributed by atoms with Gasteiger partial charge in [0.2, 0.25) is 0 Å².